The summed E-state index contributed by atoms with van der Waals surface area (Å²) in [6.45, 7) is 11.0. The van der Waals surface area contributed by atoms with Crippen LogP contribution in [0.4, 0.5) is 0 Å². The van der Waals surface area contributed by atoms with Crippen molar-refractivity contribution in [2.75, 3.05) is 26.3 Å². The maximum Gasteiger partial charge on any atom is 0.253 e. The summed E-state index contributed by atoms with van der Waals surface area (Å²) in [5.41, 5.74) is 1.61. The first-order chi connectivity index (χ1) is 9.67. The van der Waals surface area contributed by atoms with Gasteiger partial charge in [-0.15, -0.1) is 0 Å². The van der Waals surface area contributed by atoms with Crippen LogP contribution in [0.15, 0.2) is 18.2 Å². The lowest BCUT2D eigenvalue weighted by molar-refractivity contribution is 0.0772. The number of carbonyl (C=O) groups excluding carboxylic acids is 1. The predicted molar refractivity (Wildman–Crippen MR) is 80.2 cm³/mol. The van der Waals surface area contributed by atoms with Gasteiger partial charge in [-0.2, -0.15) is 0 Å². The maximum atomic E-state index is 12.3. The number of hydrogen-bond acceptors (Lipinski definition) is 3. The summed E-state index contributed by atoms with van der Waals surface area (Å²) in [5.74, 6) is 0.841. The third-order valence-electron chi connectivity index (χ3n) is 3.12. The predicted octanol–water partition coefficient (Wildman–Crippen LogP) is 3.10. The van der Waals surface area contributed by atoms with Gasteiger partial charge in [-0.25, -0.2) is 0 Å². The fraction of sp³-hybridized carbons (Fsp3) is 0.562. The van der Waals surface area contributed by atoms with Gasteiger partial charge >= 0.3 is 0 Å². The smallest absolute Gasteiger partial charge is 0.253 e. The molecule has 0 radical (unpaired) electrons. The molecule has 0 atom stereocenters. The Morgan fingerprint density at radius 2 is 1.80 bits per heavy atom. The lowest BCUT2D eigenvalue weighted by Gasteiger charge is -2.19. The van der Waals surface area contributed by atoms with E-state index in [2.05, 4.69) is 0 Å². The van der Waals surface area contributed by atoms with Crippen LogP contribution < -0.4 is 4.74 Å². The standard InChI is InChI=1S/C16H25NO3/c1-5-17(6-2)16(18)13-9-10-15(20-8-4)14(11-13)12-19-7-3/h9-11H,5-8,12H2,1-4H3. The van der Waals surface area contributed by atoms with Crippen LogP contribution in [0.1, 0.15) is 43.6 Å². The molecular weight excluding hydrogens is 254 g/mol. The van der Waals surface area contributed by atoms with Crippen LogP contribution in [0, 0.1) is 0 Å². The molecule has 20 heavy (non-hydrogen) atoms. The van der Waals surface area contributed by atoms with E-state index in [0.717, 1.165) is 11.3 Å². The number of amides is 1. The molecule has 112 valence electrons. The van der Waals surface area contributed by atoms with E-state index in [4.69, 9.17) is 9.47 Å². The number of carbonyl (C=O) groups is 1. The van der Waals surface area contributed by atoms with E-state index in [9.17, 15) is 4.79 Å². The fourth-order valence-corrected chi connectivity index (χ4v) is 2.03. The van der Waals surface area contributed by atoms with Gasteiger partial charge in [-0.1, -0.05) is 0 Å². The highest BCUT2D eigenvalue weighted by Crippen LogP contribution is 2.22. The Balaban J connectivity index is 3.01. The first-order valence-corrected chi connectivity index (χ1v) is 7.30. The van der Waals surface area contributed by atoms with Crippen molar-refractivity contribution in [1.29, 1.82) is 0 Å². The van der Waals surface area contributed by atoms with E-state index in [1.807, 2.05) is 45.9 Å². The number of ether oxygens (including phenoxy) is 2. The van der Waals surface area contributed by atoms with Crippen molar-refractivity contribution in [2.45, 2.75) is 34.3 Å². The van der Waals surface area contributed by atoms with Crippen LogP contribution in [0.3, 0.4) is 0 Å². The first kappa shape index (κ1) is 16.5. The number of benzene rings is 1. The van der Waals surface area contributed by atoms with Crippen molar-refractivity contribution in [3.05, 3.63) is 29.3 Å². The van der Waals surface area contributed by atoms with Crippen LogP contribution in [0.25, 0.3) is 0 Å². The van der Waals surface area contributed by atoms with E-state index in [-0.39, 0.29) is 5.91 Å². The summed E-state index contributed by atoms with van der Waals surface area (Å²) in [5, 5.41) is 0. The van der Waals surface area contributed by atoms with Gasteiger partial charge in [0.05, 0.1) is 13.2 Å². The number of rotatable bonds is 8. The minimum atomic E-state index is 0.0517. The molecule has 0 heterocycles. The fourth-order valence-electron chi connectivity index (χ4n) is 2.03. The highest BCUT2D eigenvalue weighted by Gasteiger charge is 2.15. The minimum Gasteiger partial charge on any atom is -0.494 e. The molecule has 0 aliphatic heterocycles. The van der Waals surface area contributed by atoms with Crippen molar-refractivity contribution in [3.63, 3.8) is 0 Å². The Hall–Kier alpha value is -1.55. The number of nitrogens with zero attached hydrogens (tertiary/aromatic N) is 1. The van der Waals surface area contributed by atoms with E-state index in [1.165, 1.54) is 0 Å². The van der Waals surface area contributed by atoms with Gasteiger partial charge in [-0.3, -0.25) is 4.79 Å². The summed E-state index contributed by atoms with van der Waals surface area (Å²) < 4.78 is 11.0. The quantitative estimate of drug-likeness (QED) is 0.734. The Bertz CT molecular complexity index is 428. The van der Waals surface area contributed by atoms with Crippen LogP contribution in [-0.2, 0) is 11.3 Å². The van der Waals surface area contributed by atoms with Crippen LogP contribution in [-0.4, -0.2) is 37.1 Å². The highest BCUT2D eigenvalue weighted by atomic mass is 16.5. The maximum absolute atomic E-state index is 12.3. The minimum absolute atomic E-state index is 0.0517. The van der Waals surface area contributed by atoms with E-state index < -0.39 is 0 Å². The van der Waals surface area contributed by atoms with Crippen LogP contribution >= 0.6 is 0 Å². The lowest BCUT2D eigenvalue weighted by atomic mass is 10.1. The second-order valence-corrected chi connectivity index (χ2v) is 4.37. The van der Waals surface area contributed by atoms with Gasteiger partial charge < -0.3 is 14.4 Å². The third-order valence-corrected chi connectivity index (χ3v) is 3.12. The van der Waals surface area contributed by atoms with Gasteiger partial charge in [0.2, 0.25) is 0 Å². The largest absolute Gasteiger partial charge is 0.494 e. The zero-order valence-corrected chi connectivity index (χ0v) is 12.9. The molecule has 0 spiro atoms. The van der Waals surface area contributed by atoms with Gasteiger partial charge in [0.25, 0.3) is 5.91 Å². The summed E-state index contributed by atoms with van der Waals surface area (Å²) in [6.07, 6.45) is 0. The molecule has 0 bridgehead atoms. The Labute approximate surface area is 121 Å². The molecule has 0 aliphatic rings. The van der Waals surface area contributed by atoms with E-state index >= 15 is 0 Å². The molecule has 0 saturated heterocycles. The molecular formula is C16H25NO3. The van der Waals surface area contributed by atoms with Crippen LogP contribution in [0.5, 0.6) is 5.75 Å². The topological polar surface area (TPSA) is 38.8 Å². The molecule has 1 aromatic carbocycles. The molecule has 0 saturated carbocycles. The molecule has 0 aromatic heterocycles. The zero-order chi connectivity index (χ0) is 15.0. The van der Waals surface area contributed by atoms with Crippen molar-refractivity contribution >= 4 is 5.91 Å². The van der Waals surface area contributed by atoms with Crippen molar-refractivity contribution in [1.82, 2.24) is 4.90 Å². The molecule has 0 unspecified atom stereocenters. The molecule has 4 nitrogen and oxygen atoms in total. The molecule has 0 fully saturated rings. The first-order valence-electron chi connectivity index (χ1n) is 7.30. The second-order valence-electron chi connectivity index (χ2n) is 4.37. The highest BCUT2D eigenvalue weighted by molar-refractivity contribution is 5.94. The molecule has 0 aliphatic carbocycles. The monoisotopic (exact) mass is 279 g/mol. The van der Waals surface area contributed by atoms with Gasteiger partial charge in [-0.05, 0) is 45.9 Å². The Kier molecular flexibility index (Phi) is 7.09. The summed E-state index contributed by atoms with van der Waals surface area (Å²) in [4.78, 5) is 14.2. The summed E-state index contributed by atoms with van der Waals surface area (Å²) in [6, 6.07) is 5.55. The molecule has 4 heteroatoms. The third kappa shape index (κ3) is 4.23. The Morgan fingerprint density at radius 1 is 1.10 bits per heavy atom. The average molecular weight is 279 g/mol. The summed E-state index contributed by atoms with van der Waals surface area (Å²) in [7, 11) is 0. The second kappa shape index (κ2) is 8.59. The average Bonchev–Trinajstić information content (AvgIpc) is 2.47. The van der Waals surface area contributed by atoms with E-state index in [0.29, 0.717) is 38.5 Å². The number of hydrogen-bond donors (Lipinski definition) is 0. The molecule has 1 amide bonds. The van der Waals surface area contributed by atoms with E-state index in [1.54, 1.807) is 4.90 Å². The molecule has 1 aromatic rings. The summed E-state index contributed by atoms with van der Waals surface area (Å²) >= 11 is 0. The lowest BCUT2D eigenvalue weighted by Crippen LogP contribution is -2.30. The van der Waals surface area contributed by atoms with Gasteiger partial charge in [0.15, 0.2) is 0 Å². The van der Waals surface area contributed by atoms with Crippen molar-refractivity contribution in [2.24, 2.45) is 0 Å². The molecule has 1 rings (SSSR count). The van der Waals surface area contributed by atoms with Crippen molar-refractivity contribution < 1.29 is 14.3 Å². The van der Waals surface area contributed by atoms with Crippen molar-refractivity contribution in [3.8, 4) is 5.75 Å². The molecule has 0 N–H and O–H groups in total. The zero-order valence-electron chi connectivity index (χ0n) is 12.9. The van der Waals surface area contributed by atoms with Gasteiger partial charge in [0.1, 0.15) is 5.75 Å². The normalized spacial score (nSPS) is 10.4. The SMILES string of the molecule is CCOCc1cc(C(=O)N(CC)CC)ccc1OCC. The van der Waals surface area contributed by atoms with Crippen LogP contribution in [0.2, 0.25) is 0 Å². The Morgan fingerprint density at radius 3 is 2.35 bits per heavy atom. The van der Waals surface area contributed by atoms with Gasteiger partial charge in [0, 0.05) is 30.8 Å².